The number of rotatable bonds is 5. The number of hydrogen-bond acceptors (Lipinski definition) is 3. The Morgan fingerprint density at radius 3 is 2.16 bits per heavy atom. The van der Waals surface area contributed by atoms with Crippen molar-refractivity contribution in [1.29, 1.82) is 0 Å². The molecule has 6 N–H and O–H groups in total. The van der Waals surface area contributed by atoms with E-state index in [0.29, 0.717) is 11.4 Å². The van der Waals surface area contributed by atoms with Crippen molar-refractivity contribution in [3.05, 3.63) is 24.3 Å². The lowest BCUT2D eigenvalue weighted by molar-refractivity contribution is -0.136. The molecule has 0 saturated carbocycles. The molecule has 1 aromatic rings. The molecule has 1 aromatic carbocycles. The standard InChI is InChI=1S/C11H14N4O3S/c12-10(19)14-7-1-3-8(4-2-7)15-11(18)13-6-5-9(16)17/h1-4H,5-6H2,(H,16,17)(H3,12,14,19)(H2,13,15,18). The van der Waals surface area contributed by atoms with Gasteiger partial charge in [0.05, 0.1) is 6.42 Å². The van der Waals surface area contributed by atoms with Crippen molar-refractivity contribution in [2.45, 2.75) is 6.42 Å². The maximum absolute atomic E-state index is 11.4. The Bertz CT molecular complexity index is 475. The molecule has 0 atom stereocenters. The second-order valence-corrected chi connectivity index (χ2v) is 4.03. The third-order valence-corrected chi connectivity index (χ3v) is 2.14. The Hall–Kier alpha value is -2.35. The molecular formula is C11H14N4O3S. The summed E-state index contributed by atoms with van der Waals surface area (Å²) in [6.45, 7) is 0.0717. The normalized spacial score (nSPS) is 9.47. The van der Waals surface area contributed by atoms with Crippen molar-refractivity contribution in [2.75, 3.05) is 17.2 Å². The number of nitrogens with one attached hydrogen (secondary N) is 3. The molecule has 0 unspecified atom stereocenters. The Morgan fingerprint density at radius 2 is 1.68 bits per heavy atom. The van der Waals surface area contributed by atoms with Crippen LogP contribution in [0.15, 0.2) is 24.3 Å². The Kier molecular flexibility index (Phi) is 5.55. The highest BCUT2D eigenvalue weighted by atomic mass is 32.1. The molecule has 0 spiro atoms. The van der Waals surface area contributed by atoms with Crippen LogP contribution in [0.5, 0.6) is 0 Å². The monoisotopic (exact) mass is 282 g/mol. The van der Waals surface area contributed by atoms with Crippen molar-refractivity contribution in [3.63, 3.8) is 0 Å². The summed E-state index contributed by atoms with van der Waals surface area (Å²) in [5.74, 6) is -0.964. The second kappa shape index (κ2) is 7.17. The van der Waals surface area contributed by atoms with Gasteiger partial charge in [-0.3, -0.25) is 4.79 Å². The predicted octanol–water partition coefficient (Wildman–Crippen LogP) is 0.938. The number of benzene rings is 1. The number of anilines is 2. The molecule has 0 fully saturated rings. The van der Waals surface area contributed by atoms with E-state index in [4.69, 9.17) is 10.8 Å². The molecular weight excluding hydrogens is 268 g/mol. The molecule has 0 aliphatic heterocycles. The van der Waals surface area contributed by atoms with E-state index in [1.54, 1.807) is 24.3 Å². The minimum absolute atomic E-state index is 0.0717. The fourth-order valence-corrected chi connectivity index (χ4v) is 1.36. The van der Waals surface area contributed by atoms with Crippen LogP contribution in [-0.4, -0.2) is 28.8 Å². The number of aliphatic carboxylic acids is 1. The van der Waals surface area contributed by atoms with Crippen LogP contribution in [0.1, 0.15) is 6.42 Å². The van der Waals surface area contributed by atoms with Crippen LogP contribution in [0, 0.1) is 0 Å². The fourth-order valence-electron chi connectivity index (χ4n) is 1.24. The largest absolute Gasteiger partial charge is 0.481 e. The van der Waals surface area contributed by atoms with Crippen LogP contribution in [0.25, 0.3) is 0 Å². The highest BCUT2D eigenvalue weighted by Crippen LogP contribution is 2.13. The highest BCUT2D eigenvalue weighted by molar-refractivity contribution is 7.80. The van der Waals surface area contributed by atoms with E-state index >= 15 is 0 Å². The van der Waals surface area contributed by atoms with E-state index in [0.717, 1.165) is 0 Å². The van der Waals surface area contributed by atoms with Crippen molar-refractivity contribution >= 4 is 40.7 Å². The molecule has 0 bridgehead atoms. The van der Waals surface area contributed by atoms with Crippen LogP contribution in [-0.2, 0) is 4.79 Å². The summed E-state index contributed by atoms with van der Waals surface area (Å²) >= 11 is 4.69. The number of carbonyl (C=O) groups excluding carboxylic acids is 1. The number of thiocarbonyl (C=S) groups is 1. The molecule has 0 saturated heterocycles. The summed E-state index contributed by atoms with van der Waals surface area (Å²) in [6.07, 6.45) is -0.121. The first kappa shape index (κ1) is 14.7. The number of amides is 2. The van der Waals surface area contributed by atoms with Crippen molar-refractivity contribution in [2.24, 2.45) is 5.73 Å². The van der Waals surface area contributed by atoms with Crippen LogP contribution in [0.2, 0.25) is 0 Å². The molecule has 19 heavy (non-hydrogen) atoms. The van der Waals surface area contributed by atoms with Gasteiger partial charge in [-0.15, -0.1) is 0 Å². The zero-order chi connectivity index (χ0) is 14.3. The van der Waals surface area contributed by atoms with E-state index in [1.807, 2.05) is 0 Å². The molecule has 0 aliphatic carbocycles. The first-order valence-corrected chi connectivity index (χ1v) is 5.81. The van der Waals surface area contributed by atoms with E-state index in [2.05, 4.69) is 28.2 Å². The van der Waals surface area contributed by atoms with Crippen molar-refractivity contribution < 1.29 is 14.7 Å². The van der Waals surface area contributed by atoms with Gasteiger partial charge in [0.15, 0.2) is 5.11 Å². The third-order valence-electron chi connectivity index (χ3n) is 2.03. The lowest BCUT2D eigenvalue weighted by Gasteiger charge is -2.08. The molecule has 0 heterocycles. The second-order valence-electron chi connectivity index (χ2n) is 3.59. The first-order chi connectivity index (χ1) is 8.97. The molecule has 1 rings (SSSR count). The molecule has 7 nitrogen and oxygen atoms in total. The zero-order valence-corrected chi connectivity index (χ0v) is 10.8. The summed E-state index contributed by atoms with van der Waals surface area (Å²) in [6, 6.07) is 6.27. The summed E-state index contributed by atoms with van der Waals surface area (Å²) in [4.78, 5) is 21.7. The minimum Gasteiger partial charge on any atom is -0.481 e. The predicted molar refractivity (Wildman–Crippen MR) is 76.1 cm³/mol. The molecule has 0 aromatic heterocycles. The van der Waals surface area contributed by atoms with Gasteiger partial charge in [0, 0.05) is 17.9 Å². The molecule has 2 amide bonds. The van der Waals surface area contributed by atoms with E-state index < -0.39 is 12.0 Å². The van der Waals surface area contributed by atoms with Gasteiger partial charge in [-0.2, -0.15) is 0 Å². The third kappa shape index (κ3) is 6.22. The average molecular weight is 282 g/mol. The van der Waals surface area contributed by atoms with Gasteiger partial charge in [0.25, 0.3) is 0 Å². The highest BCUT2D eigenvalue weighted by Gasteiger charge is 2.03. The number of urea groups is 1. The van der Waals surface area contributed by atoms with Gasteiger partial charge in [0.2, 0.25) is 0 Å². The van der Waals surface area contributed by atoms with Crippen LogP contribution in [0.4, 0.5) is 16.2 Å². The quantitative estimate of drug-likeness (QED) is 0.513. The Balaban J connectivity index is 2.42. The first-order valence-electron chi connectivity index (χ1n) is 5.40. The van der Waals surface area contributed by atoms with Gasteiger partial charge in [-0.25, -0.2) is 4.79 Å². The summed E-state index contributed by atoms with van der Waals surface area (Å²) in [7, 11) is 0. The summed E-state index contributed by atoms with van der Waals surface area (Å²) < 4.78 is 0. The smallest absolute Gasteiger partial charge is 0.319 e. The lowest BCUT2D eigenvalue weighted by Crippen LogP contribution is -2.30. The molecule has 0 radical (unpaired) electrons. The number of carboxylic acids is 1. The van der Waals surface area contributed by atoms with Crippen molar-refractivity contribution in [1.82, 2.24) is 5.32 Å². The Morgan fingerprint density at radius 1 is 1.16 bits per heavy atom. The van der Waals surface area contributed by atoms with Crippen LogP contribution >= 0.6 is 12.2 Å². The minimum atomic E-state index is -0.964. The van der Waals surface area contributed by atoms with Crippen molar-refractivity contribution in [3.8, 4) is 0 Å². The molecule has 102 valence electrons. The van der Waals surface area contributed by atoms with Crippen LogP contribution < -0.4 is 21.7 Å². The van der Waals surface area contributed by atoms with Gasteiger partial charge in [-0.05, 0) is 36.5 Å². The molecule has 0 aliphatic rings. The van der Waals surface area contributed by atoms with Crippen LogP contribution in [0.3, 0.4) is 0 Å². The SMILES string of the molecule is NC(=S)Nc1ccc(NC(=O)NCCC(=O)O)cc1. The number of carbonyl (C=O) groups is 2. The Labute approximate surface area is 115 Å². The summed E-state index contributed by atoms with van der Waals surface area (Å²) in [5.41, 5.74) is 6.60. The van der Waals surface area contributed by atoms with Gasteiger partial charge >= 0.3 is 12.0 Å². The van der Waals surface area contributed by atoms with Gasteiger partial charge in [-0.1, -0.05) is 0 Å². The maximum Gasteiger partial charge on any atom is 0.319 e. The van der Waals surface area contributed by atoms with E-state index in [1.165, 1.54) is 0 Å². The number of nitrogens with two attached hydrogens (primary N) is 1. The van der Waals surface area contributed by atoms with Gasteiger partial charge in [0.1, 0.15) is 0 Å². The lowest BCUT2D eigenvalue weighted by atomic mass is 10.3. The topological polar surface area (TPSA) is 116 Å². The average Bonchev–Trinajstić information content (AvgIpc) is 2.30. The number of carboxylic acid groups (broad SMARTS) is 1. The number of hydrogen-bond donors (Lipinski definition) is 5. The summed E-state index contributed by atoms with van der Waals surface area (Å²) in [5, 5.41) is 16.3. The maximum atomic E-state index is 11.4. The van der Waals surface area contributed by atoms with Gasteiger partial charge < -0.3 is 26.8 Å². The van der Waals surface area contributed by atoms with E-state index in [9.17, 15) is 9.59 Å². The molecule has 8 heteroatoms. The fraction of sp³-hybridized carbons (Fsp3) is 0.182. The zero-order valence-electron chi connectivity index (χ0n) is 9.97. The van der Waals surface area contributed by atoms with E-state index in [-0.39, 0.29) is 18.1 Å².